The van der Waals surface area contributed by atoms with Gasteiger partial charge in [-0.1, -0.05) is 6.07 Å². The molecule has 1 aromatic rings. The first-order chi connectivity index (χ1) is 4.43. The van der Waals surface area contributed by atoms with Crippen molar-refractivity contribution in [3.05, 3.63) is 36.7 Å². The van der Waals surface area contributed by atoms with E-state index in [9.17, 15) is 0 Å². The molecular formula is C8H10N+. The van der Waals surface area contributed by atoms with Gasteiger partial charge in [-0.25, -0.2) is 0 Å². The molecule has 0 saturated carbocycles. The van der Waals surface area contributed by atoms with Crippen LogP contribution in [0.3, 0.4) is 0 Å². The smallest absolute Gasteiger partial charge is 0.174 e. The Morgan fingerprint density at radius 2 is 1.78 bits per heavy atom. The molecule has 1 heteroatoms. The molecule has 0 bridgehead atoms. The van der Waals surface area contributed by atoms with E-state index in [1.54, 1.807) is 0 Å². The Morgan fingerprint density at radius 3 is 2.33 bits per heavy atom. The molecular weight excluding hydrogens is 110 g/mol. The molecule has 1 heterocycles. The highest BCUT2D eigenvalue weighted by atomic mass is 14.9. The van der Waals surface area contributed by atoms with Crippen LogP contribution in [0.4, 0.5) is 0 Å². The van der Waals surface area contributed by atoms with E-state index in [-0.39, 0.29) is 0 Å². The first kappa shape index (κ1) is 6.02. The SMILES string of the molecule is C/C=C/[n+]1ccccc1. The highest BCUT2D eigenvalue weighted by Crippen LogP contribution is 1.76. The standard InChI is InChI=1S/C8H10N/c1-2-6-9-7-4-3-5-8-9/h2-8H,1H3/q+1/b6-2+. The summed E-state index contributed by atoms with van der Waals surface area (Å²) in [6, 6.07) is 6.00. The Labute approximate surface area is 55.3 Å². The van der Waals surface area contributed by atoms with Crippen LogP contribution in [0.5, 0.6) is 0 Å². The van der Waals surface area contributed by atoms with Crippen LogP contribution in [0.1, 0.15) is 6.92 Å². The molecule has 46 valence electrons. The number of hydrogen-bond donors (Lipinski definition) is 0. The van der Waals surface area contributed by atoms with Crippen molar-refractivity contribution in [2.24, 2.45) is 0 Å². The summed E-state index contributed by atoms with van der Waals surface area (Å²) in [4.78, 5) is 0. The maximum Gasteiger partial charge on any atom is 0.174 e. The molecule has 0 atom stereocenters. The van der Waals surface area contributed by atoms with E-state index < -0.39 is 0 Å². The van der Waals surface area contributed by atoms with Crippen molar-refractivity contribution in [3.63, 3.8) is 0 Å². The van der Waals surface area contributed by atoms with E-state index in [4.69, 9.17) is 0 Å². The molecule has 0 aromatic carbocycles. The summed E-state index contributed by atoms with van der Waals surface area (Å²) in [5.74, 6) is 0. The molecule has 0 amide bonds. The predicted molar refractivity (Wildman–Crippen MR) is 37.6 cm³/mol. The van der Waals surface area contributed by atoms with Gasteiger partial charge in [0, 0.05) is 12.1 Å². The van der Waals surface area contributed by atoms with Crippen LogP contribution in [0.25, 0.3) is 6.20 Å². The van der Waals surface area contributed by atoms with Crippen LogP contribution in [0.2, 0.25) is 0 Å². The summed E-state index contributed by atoms with van der Waals surface area (Å²) in [7, 11) is 0. The van der Waals surface area contributed by atoms with Crippen LogP contribution >= 0.6 is 0 Å². The largest absolute Gasteiger partial charge is 0.174 e. The summed E-state index contributed by atoms with van der Waals surface area (Å²) in [6.07, 6.45) is 8.00. The van der Waals surface area contributed by atoms with Gasteiger partial charge in [-0.05, 0) is 13.0 Å². The van der Waals surface area contributed by atoms with Crippen LogP contribution in [-0.4, -0.2) is 0 Å². The zero-order chi connectivity index (χ0) is 6.53. The number of allylic oxidation sites excluding steroid dienone is 1. The third-order valence-electron chi connectivity index (χ3n) is 1.06. The molecule has 0 aliphatic carbocycles. The molecule has 0 unspecified atom stereocenters. The van der Waals surface area contributed by atoms with E-state index in [1.807, 2.05) is 54.4 Å². The van der Waals surface area contributed by atoms with Gasteiger partial charge in [0.05, 0.1) is 0 Å². The Morgan fingerprint density at radius 1 is 1.11 bits per heavy atom. The maximum atomic E-state index is 2.00. The van der Waals surface area contributed by atoms with Crippen LogP contribution < -0.4 is 4.57 Å². The van der Waals surface area contributed by atoms with E-state index in [0.717, 1.165) is 0 Å². The van der Waals surface area contributed by atoms with E-state index in [0.29, 0.717) is 0 Å². The second-order valence-corrected chi connectivity index (χ2v) is 1.81. The van der Waals surface area contributed by atoms with Gasteiger partial charge in [0.25, 0.3) is 0 Å². The minimum Gasteiger partial charge on any atom is -0.174 e. The fourth-order valence-electron chi connectivity index (χ4n) is 0.683. The van der Waals surface area contributed by atoms with E-state index >= 15 is 0 Å². The maximum absolute atomic E-state index is 2.00. The third kappa shape index (κ3) is 1.68. The molecule has 0 radical (unpaired) electrons. The molecule has 0 spiro atoms. The van der Waals surface area contributed by atoms with Crippen LogP contribution in [0, 0.1) is 0 Å². The highest BCUT2D eigenvalue weighted by Gasteiger charge is 1.84. The summed E-state index contributed by atoms with van der Waals surface area (Å²) >= 11 is 0. The van der Waals surface area contributed by atoms with Crippen LogP contribution in [-0.2, 0) is 0 Å². The predicted octanol–water partition coefficient (Wildman–Crippen LogP) is 1.46. The lowest BCUT2D eigenvalue weighted by Crippen LogP contribution is -2.23. The van der Waals surface area contributed by atoms with Gasteiger partial charge in [-0.2, -0.15) is 4.57 Å². The average Bonchev–Trinajstić information content (AvgIpc) is 1.91. The Balaban J connectivity index is 2.85. The third-order valence-corrected chi connectivity index (χ3v) is 1.06. The first-order valence-electron chi connectivity index (χ1n) is 3.02. The molecule has 0 aliphatic heterocycles. The summed E-state index contributed by atoms with van der Waals surface area (Å²) in [5, 5.41) is 0. The Bertz CT molecular complexity index is 189. The summed E-state index contributed by atoms with van der Waals surface area (Å²) in [6.45, 7) is 2.00. The van der Waals surface area contributed by atoms with Crippen molar-refractivity contribution in [2.45, 2.75) is 6.92 Å². The Kier molecular flexibility index (Phi) is 2.02. The molecule has 0 saturated heterocycles. The molecule has 0 N–H and O–H groups in total. The minimum atomic E-state index is 2.00. The second kappa shape index (κ2) is 3.02. The van der Waals surface area contributed by atoms with Gasteiger partial charge in [-0.3, -0.25) is 0 Å². The average molecular weight is 120 g/mol. The van der Waals surface area contributed by atoms with Crippen molar-refractivity contribution in [3.8, 4) is 0 Å². The fourth-order valence-corrected chi connectivity index (χ4v) is 0.683. The molecule has 0 aliphatic rings. The lowest BCUT2D eigenvalue weighted by molar-refractivity contribution is -0.568. The second-order valence-electron chi connectivity index (χ2n) is 1.81. The topological polar surface area (TPSA) is 3.88 Å². The zero-order valence-electron chi connectivity index (χ0n) is 5.49. The zero-order valence-corrected chi connectivity index (χ0v) is 5.49. The van der Waals surface area contributed by atoms with Gasteiger partial charge >= 0.3 is 0 Å². The van der Waals surface area contributed by atoms with Gasteiger partial charge in [0.2, 0.25) is 0 Å². The molecule has 1 aromatic heterocycles. The van der Waals surface area contributed by atoms with Crippen molar-refractivity contribution < 1.29 is 4.57 Å². The van der Waals surface area contributed by atoms with Gasteiger partial charge in [0.15, 0.2) is 18.6 Å². The normalized spacial score (nSPS) is 10.3. The first-order valence-corrected chi connectivity index (χ1v) is 3.02. The van der Waals surface area contributed by atoms with Crippen LogP contribution in [0.15, 0.2) is 36.7 Å². The quantitative estimate of drug-likeness (QED) is 0.494. The number of rotatable bonds is 1. The molecule has 9 heavy (non-hydrogen) atoms. The van der Waals surface area contributed by atoms with Crippen molar-refractivity contribution in [1.29, 1.82) is 0 Å². The van der Waals surface area contributed by atoms with Gasteiger partial charge in [-0.15, -0.1) is 0 Å². The van der Waals surface area contributed by atoms with Crippen molar-refractivity contribution >= 4 is 6.20 Å². The number of hydrogen-bond acceptors (Lipinski definition) is 0. The number of aromatic nitrogens is 1. The number of nitrogens with zero attached hydrogens (tertiary/aromatic N) is 1. The summed E-state index contributed by atoms with van der Waals surface area (Å²) in [5.41, 5.74) is 0. The van der Waals surface area contributed by atoms with Gasteiger partial charge < -0.3 is 0 Å². The molecule has 1 rings (SSSR count). The lowest BCUT2D eigenvalue weighted by Gasteiger charge is -1.80. The van der Waals surface area contributed by atoms with Crippen molar-refractivity contribution in [2.75, 3.05) is 0 Å². The fraction of sp³-hybridized carbons (Fsp3) is 0.125. The van der Waals surface area contributed by atoms with Gasteiger partial charge in [0.1, 0.15) is 0 Å². The lowest BCUT2D eigenvalue weighted by atomic mass is 10.5. The minimum absolute atomic E-state index is 2.00. The molecule has 0 fully saturated rings. The van der Waals surface area contributed by atoms with E-state index in [2.05, 4.69) is 0 Å². The highest BCUT2D eigenvalue weighted by molar-refractivity contribution is 5.03. The van der Waals surface area contributed by atoms with Crippen molar-refractivity contribution in [1.82, 2.24) is 0 Å². The summed E-state index contributed by atoms with van der Waals surface area (Å²) < 4.78 is 2.00. The number of pyridine rings is 1. The monoisotopic (exact) mass is 120 g/mol. The van der Waals surface area contributed by atoms with E-state index in [1.165, 1.54) is 0 Å². The molecule has 1 nitrogen and oxygen atoms in total. The Hall–Kier alpha value is -1.11.